The minimum absolute atomic E-state index is 0.187. The summed E-state index contributed by atoms with van der Waals surface area (Å²) in [5, 5.41) is 3.46. The molecule has 0 atom stereocenters. The molecule has 0 unspecified atom stereocenters. The summed E-state index contributed by atoms with van der Waals surface area (Å²) < 4.78 is 38.5. The second-order valence-electron chi connectivity index (χ2n) is 5.73. The van der Waals surface area contributed by atoms with E-state index in [1.807, 2.05) is 0 Å². The van der Waals surface area contributed by atoms with Gasteiger partial charge in [-0.2, -0.15) is 0 Å². The molecule has 5 nitrogen and oxygen atoms in total. The number of nitrogens with one attached hydrogen (secondary N) is 1. The third-order valence-corrected chi connectivity index (χ3v) is 5.77. The van der Waals surface area contributed by atoms with Crippen molar-refractivity contribution in [1.82, 2.24) is 9.21 Å². The fraction of sp³-hybridized carbons (Fsp3) is 0.235. The molecule has 0 aromatic heterocycles. The number of hydrogen-bond acceptors (Lipinski definition) is 3. The molecule has 8 heteroatoms. The maximum Gasteiger partial charge on any atom is 0.242 e. The van der Waals surface area contributed by atoms with E-state index in [4.69, 9.17) is 12.2 Å². The van der Waals surface area contributed by atoms with Gasteiger partial charge < -0.3 is 10.2 Å². The van der Waals surface area contributed by atoms with Crippen LogP contribution >= 0.6 is 12.2 Å². The number of rotatable bonds is 5. The molecule has 2 aromatic rings. The summed E-state index contributed by atoms with van der Waals surface area (Å²) in [7, 11) is 1.26. The molecule has 1 N–H and O–H groups in total. The van der Waals surface area contributed by atoms with Crippen molar-refractivity contribution in [2.75, 3.05) is 26.5 Å². The van der Waals surface area contributed by atoms with Gasteiger partial charge in [-0.25, -0.2) is 17.1 Å². The summed E-state index contributed by atoms with van der Waals surface area (Å²) in [6.45, 7) is 0.502. The zero-order valence-corrected chi connectivity index (χ0v) is 15.9. The lowest BCUT2D eigenvalue weighted by Crippen LogP contribution is -2.30. The number of hydrogen-bond donors (Lipinski definition) is 1. The van der Waals surface area contributed by atoms with E-state index in [0.29, 0.717) is 17.3 Å². The molecule has 0 fully saturated rings. The number of halogens is 1. The number of anilines is 1. The van der Waals surface area contributed by atoms with Crippen LogP contribution in [0, 0.1) is 5.82 Å². The molecule has 25 heavy (non-hydrogen) atoms. The van der Waals surface area contributed by atoms with Crippen LogP contribution in [0.5, 0.6) is 0 Å². The summed E-state index contributed by atoms with van der Waals surface area (Å²) in [6, 6.07) is 12.6. The van der Waals surface area contributed by atoms with Gasteiger partial charge in [-0.15, -0.1) is 0 Å². The van der Waals surface area contributed by atoms with Gasteiger partial charge in [0.05, 0.1) is 4.90 Å². The van der Waals surface area contributed by atoms with E-state index in [0.717, 1.165) is 9.87 Å². The van der Waals surface area contributed by atoms with E-state index in [1.54, 1.807) is 36.2 Å². The Hall–Kier alpha value is -2.03. The Bertz CT molecular complexity index is 852. The van der Waals surface area contributed by atoms with Gasteiger partial charge in [-0.3, -0.25) is 0 Å². The first-order valence-corrected chi connectivity index (χ1v) is 9.34. The van der Waals surface area contributed by atoms with Crippen LogP contribution in [0.2, 0.25) is 0 Å². The average Bonchev–Trinajstić information content (AvgIpc) is 2.57. The lowest BCUT2D eigenvalue weighted by atomic mass is 10.2. The molecule has 2 aromatic carbocycles. The van der Waals surface area contributed by atoms with Crippen LogP contribution in [0.4, 0.5) is 10.1 Å². The van der Waals surface area contributed by atoms with E-state index in [1.165, 1.54) is 38.4 Å². The SMILES string of the molecule is CN(Cc1ccc(F)cc1)C(=S)Nc1cccc(S(=O)(=O)N(C)C)c1. The Balaban J connectivity index is 2.08. The number of sulfonamides is 1. The zero-order valence-electron chi connectivity index (χ0n) is 14.2. The summed E-state index contributed by atoms with van der Waals surface area (Å²) in [4.78, 5) is 1.97. The largest absolute Gasteiger partial charge is 0.348 e. The number of thiocarbonyl (C=S) groups is 1. The Morgan fingerprint density at radius 1 is 1.12 bits per heavy atom. The topological polar surface area (TPSA) is 52.7 Å². The standard InChI is InChI=1S/C17H20FN3O2S2/c1-20(2)25(22,23)16-6-4-5-15(11-16)19-17(24)21(3)12-13-7-9-14(18)10-8-13/h4-11H,12H2,1-3H3,(H,19,24). The first-order chi connectivity index (χ1) is 11.7. The second-order valence-corrected chi connectivity index (χ2v) is 8.27. The van der Waals surface area contributed by atoms with Gasteiger partial charge in [0.25, 0.3) is 0 Å². The fourth-order valence-corrected chi connectivity index (χ4v) is 3.23. The third kappa shape index (κ3) is 4.97. The highest BCUT2D eigenvalue weighted by atomic mass is 32.2. The summed E-state index contributed by atoms with van der Waals surface area (Å²) in [6.07, 6.45) is 0. The van der Waals surface area contributed by atoms with Gasteiger partial charge in [0, 0.05) is 33.4 Å². The molecule has 0 radical (unpaired) electrons. The number of nitrogens with zero attached hydrogens (tertiary/aromatic N) is 2. The molecular weight excluding hydrogens is 361 g/mol. The summed E-state index contributed by atoms with van der Waals surface area (Å²) >= 11 is 5.35. The molecule has 0 saturated heterocycles. The maximum atomic E-state index is 13.0. The second kappa shape index (κ2) is 7.90. The maximum absolute atomic E-state index is 13.0. The number of benzene rings is 2. The van der Waals surface area contributed by atoms with Gasteiger partial charge in [0.2, 0.25) is 10.0 Å². The molecule has 0 amide bonds. The van der Waals surface area contributed by atoms with Crippen molar-refractivity contribution in [2.24, 2.45) is 0 Å². The van der Waals surface area contributed by atoms with Crippen LogP contribution in [0.15, 0.2) is 53.4 Å². The Kier molecular flexibility index (Phi) is 6.10. The molecule has 0 aliphatic heterocycles. The van der Waals surface area contributed by atoms with Gasteiger partial charge in [-0.05, 0) is 48.1 Å². The fourth-order valence-electron chi connectivity index (χ4n) is 2.10. The summed E-state index contributed by atoms with van der Waals surface area (Å²) in [5.41, 5.74) is 1.50. The zero-order chi connectivity index (χ0) is 18.6. The van der Waals surface area contributed by atoms with Crippen LogP contribution in [0.25, 0.3) is 0 Å². The van der Waals surface area contributed by atoms with E-state index in [9.17, 15) is 12.8 Å². The van der Waals surface area contributed by atoms with E-state index in [2.05, 4.69) is 5.32 Å². The van der Waals surface area contributed by atoms with Crippen molar-refractivity contribution >= 4 is 33.0 Å². The molecule has 0 aliphatic rings. The van der Waals surface area contributed by atoms with Gasteiger partial charge in [0.15, 0.2) is 5.11 Å². The molecule has 0 spiro atoms. The van der Waals surface area contributed by atoms with Crippen LogP contribution in [-0.4, -0.2) is 43.9 Å². The van der Waals surface area contributed by atoms with E-state index in [-0.39, 0.29) is 10.7 Å². The lowest BCUT2D eigenvalue weighted by molar-refractivity contribution is 0.507. The predicted molar refractivity (Wildman–Crippen MR) is 101 cm³/mol. The van der Waals surface area contributed by atoms with Crippen molar-refractivity contribution in [3.8, 4) is 0 Å². The van der Waals surface area contributed by atoms with Crippen LogP contribution in [0.1, 0.15) is 5.56 Å². The van der Waals surface area contributed by atoms with Crippen LogP contribution < -0.4 is 5.32 Å². The Morgan fingerprint density at radius 2 is 1.76 bits per heavy atom. The van der Waals surface area contributed by atoms with Crippen molar-refractivity contribution in [3.63, 3.8) is 0 Å². The normalized spacial score (nSPS) is 11.4. The lowest BCUT2D eigenvalue weighted by Gasteiger charge is -2.21. The molecule has 0 aliphatic carbocycles. The van der Waals surface area contributed by atoms with Gasteiger partial charge in [0.1, 0.15) is 5.82 Å². The van der Waals surface area contributed by atoms with Crippen LogP contribution in [0.3, 0.4) is 0 Å². The Morgan fingerprint density at radius 3 is 2.36 bits per heavy atom. The Labute approximate surface area is 153 Å². The third-order valence-electron chi connectivity index (χ3n) is 3.54. The van der Waals surface area contributed by atoms with Gasteiger partial charge >= 0.3 is 0 Å². The quantitative estimate of drug-likeness (QED) is 0.807. The van der Waals surface area contributed by atoms with Crippen molar-refractivity contribution in [2.45, 2.75) is 11.4 Å². The van der Waals surface area contributed by atoms with Gasteiger partial charge in [-0.1, -0.05) is 18.2 Å². The average molecular weight is 381 g/mol. The van der Waals surface area contributed by atoms with Crippen molar-refractivity contribution in [3.05, 3.63) is 59.9 Å². The van der Waals surface area contributed by atoms with E-state index >= 15 is 0 Å². The van der Waals surface area contributed by atoms with Crippen molar-refractivity contribution in [1.29, 1.82) is 0 Å². The summed E-state index contributed by atoms with van der Waals surface area (Å²) in [5.74, 6) is -0.286. The predicted octanol–water partition coefficient (Wildman–Crippen LogP) is 2.90. The molecular formula is C17H20FN3O2S2. The first-order valence-electron chi connectivity index (χ1n) is 7.49. The molecule has 2 rings (SSSR count). The minimum atomic E-state index is -3.51. The minimum Gasteiger partial charge on any atom is -0.348 e. The molecule has 0 bridgehead atoms. The molecule has 0 saturated carbocycles. The highest BCUT2D eigenvalue weighted by molar-refractivity contribution is 7.89. The smallest absolute Gasteiger partial charge is 0.242 e. The first kappa shape index (κ1) is 19.3. The van der Waals surface area contributed by atoms with Crippen LogP contribution in [-0.2, 0) is 16.6 Å². The van der Waals surface area contributed by atoms with Crippen molar-refractivity contribution < 1.29 is 12.8 Å². The molecule has 0 heterocycles. The monoisotopic (exact) mass is 381 g/mol. The highest BCUT2D eigenvalue weighted by Gasteiger charge is 2.17. The highest BCUT2D eigenvalue weighted by Crippen LogP contribution is 2.18. The van der Waals surface area contributed by atoms with E-state index < -0.39 is 10.0 Å². The molecule has 134 valence electrons.